The van der Waals surface area contributed by atoms with E-state index < -0.39 is 0 Å². The minimum Gasteiger partial charge on any atom is -0.448 e. The van der Waals surface area contributed by atoms with Gasteiger partial charge in [-0.15, -0.1) is 0 Å². The van der Waals surface area contributed by atoms with E-state index >= 15 is 0 Å². The van der Waals surface area contributed by atoms with Gasteiger partial charge in [-0.2, -0.15) is 0 Å². The van der Waals surface area contributed by atoms with Crippen molar-refractivity contribution in [2.75, 3.05) is 0 Å². The van der Waals surface area contributed by atoms with E-state index in [1.807, 2.05) is 18.2 Å². The number of oxazole rings is 1. The molecule has 0 radical (unpaired) electrons. The Morgan fingerprint density at radius 2 is 1.96 bits per heavy atom. The van der Waals surface area contributed by atoms with E-state index in [1.165, 1.54) is 17.5 Å². The minimum absolute atomic E-state index is 0.270. The molecule has 1 unspecified atom stereocenters. The van der Waals surface area contributed by atoms with Gasteiger partial charge in [0.1, 0.15) is 5.76 Å². The number of nitrogens with zero attached hydrogens (tertiary/aromatic N) is 2. The maximum Gasteiger partial charge on any atom is 0.274 e. The summed E-state index contributed by atoms with van der Waals surface area (Å²) in [6, 6.07) is 9.67. The second kappa shape index (κ2) is 6.66. The molecule has 2 heterocycles. The lowest BCUT2D eigenvalue weighted by Gasteiger charge is -2.20. The predicted molar refractivity (Wildman–Crippen MR) is 90.7 cm³/mol. The highest BCUT2D eigenvalue weighted by Gasteiger charge is 2.21. The highest BCUT2D eigenvalue weighted by Crippen LogP contribution is 2.24. The molecule has 0 saturated heterocycles. The van der Waals surface area contributed by atoms with E-state index in [-0.39, 0.29) is 11.9 Å². The molecule has 0 aliphatic rings. The largest absolute Gasteiger partial charge is 0.448 e. The van der Waals surface area contributed by atoms with Crippen LogP contribution in [0.4, 0.5) is 0 Å². The zero-order valence-corrected chi connectivity index (χ0v) is 13.9. The molecule has 0 fully saturated rings. The molecule has 122 valence electrons. The van der Waals surface area contributed by atoms with Crippen LogP contribution in [0.3, 0.4) is 0 Å². The van der Waals surface area contributed by atoms with Crippen LogP contribution in [0.2, 0.25) is 0 Å². The first-order chi connectivity index (χ1) is 11.6. The number of hydrogen-bond donors (Lipinski definition) is 1. The molecule has 0 saturated carbocycles. The number of pyridine rings is 1. The van der Waals surface area contributed by atoms with Crippen LogP contribution in [-0.4, -0.2) is 15.9 Å². The van der Waals surface area contributed by atoms with E-state index in [0.29, 0.717) is 11.5 Å². The van der Waals surface area contributed by atoms with Gasteiger partial charge in [0, 0.05) is 12.4 Å². The number of nitrogens with one attached hydrogen (secondary N) is 1. The topological polar surface area (TPSA) is 68.0 Å². The molecule has 0 bridgehead atoms. The maximum atomic E-state index is 12.6. The fraction of sp³-hybridized carbons (Fsp3) is 0.211. The van der Waals surface area contributed by atoms with Crippen LogP contribution in [0, 0.1) is 20.8 Å². The summed E-state index contributed by atoms with van der Waals surface area (Å²) in [6.45, 7) is 5.84. The van der Waals surface area contributed by atoms with Crippen LogP contribution in [0.25, 0.3) is 0 Å². The molecule has 2 aromatic heterocycles. The summed E-state index contributed by atoms with van der Waals surface area (Å²) >= 11 is 0. The smallest absolute Gasteiger partial charge is 0.274 e. The number of aryl methyl sites for hydroxylation is 3. The van der Waals surface area contributed by atoms with Crippen LogP contribution in [0.5, 0.6) is 0 Å². The van der Waals surface area contributed by atoms with Crippen LogP contribution in [-0.2, 0) is 0 Å². The lowest BCUT2D eigenvalue weighted by Crippen LogP contribution is -2.30. The quantitative estimate of drug-likeness (QED) is 0.798. The third-order valence-electron chi connectivity index (χ3n) is 4.12. The summed E-state index contributed by atoms with van der Waals surface area (Å²) in [4.78, 5) is 20.7. The Bertz CT molecular complexity index is 856. The van der Waals surface area contributed by atoms with Gasteiger partial charge < -0.3 is 9.73 Å². The first-order valence-corrected chi connectivity index (χ1v) is 7.74. The molecule has 0 aliphatic heterocycles. The molecule has 1 atom stereocenters. The molecule has 0 aliphatic carbocycles. The Morgan fingerprint density at radius 3 is 2.58 bits per heavy atom. The van der Waals surface area contributed by atoms with Crippen molar-refractivity contribution in [2.24, 2.45) is 0 Å². The summed E-state index contributed by atoms with van der Waals surface area (Å²) < 4.78 is 5.13. The summed E-state index contributed by atoms with van der Waals surface area (Å²) in [5.41, 5.74) is 4.60. The first kappa shape index (κ1) is 15.9. The molecule has 3 aromatic rings. The Balaban J connectivity index is 1.98. The molecule has 1 amide bonds. The lowest BCUT2D eigenvalue weighted by atomic mass is 9.96. The zero-order chi connectivity index (χ0) is 17.1. The average molecular weight is 321 g/mol. The number of benzene rings is 1. The second-order valence-corrected chi connectivity index (χ2v) is 5.79. The summed E-state index contributed by atoms with van der Waals surface area (Å²) in [7, 11) is 0. The first-order valence-electron chi connectivity index (χ1n) is 7.74. The van der Waals surface area contributed by atoms with Gasteiger partial charge in [0.2, 0.25) is 0 Å². The van der Waals surface area contributed by atoms with Crippen LogP contribution < -0.4 is 5.32 Å². The fourth-order valence-corrected chi connectivity index (χ4v) is 2.57. The van der Waals surface area contributed by atoms with Crippen molar-refractivity contribution >= 4 is 5.91 Å². The Morgan fingerprint density at radius 1 is 1.12 bits per heavy atom. The van der Waals surface area contributed by atoms with Gasteiger partial charge in [-0.05, 0) is 49.1 Å². The van der Waals surface area contributed by atoms with Gasteiger partial charge >= 0.3 is 0 Å². The number of hydrogen-bond acceptors (Lipinski definition) is 4. The molecule has 24 heavy (non-hydrogen) atoms. The van der Waals surface area contributed by atoms with Gasteiger partial charge in [-0.1, -0.05) is 24.3 Å². The van der Waals surface area contributed by atoms with Crippen molar-refractivity contribution in [3.8, 4) is 0 Å². The van der Waals surface area contributed by atoms with Gasteiger partial charge in [0.25, 0.3) is 5.91 Å². The van der Waals surface area contributed by atoms with E-state index in [4.69, 9.17) is 4.42 Å². The molecule has 0 spiro atoms. The maximum absolute atomic E-state index is 12.6. The summed E-state index contributed by atoms with van der Waals surface area (Å²) in [5, 5.41) is 3.04. The molecule has 5 heteroatoms. The molecule has 1 N–H and O–H groups in total. The molecule has 3 rings (SSSR count). The van der Waals surface area contributed by atoms with Gasteiger partial charge in [-0.3, -0.25) is 9.78 Å². The number of amides is 1. The second-order valence-electron chi connectivity index (χ2n) is 5.79. The van der Waals surface area contributed by atoms with Gasteiger partial charge in [0.15, 0.2) is 12.1 Å². The lowest BCUT2D eigenvalue weighted by molar-refractivity contribution is 0.0937. The van der Waals surface area contributed by atoms with Crippen LogP contribution in [0.15, 0.2) is 53.5 Å². The highest BCUT2D eigenvalue weighted by molar-refractivity contribution is 5.93. The fourth-order valence-electron chi connectivity index (χ4n) is 2.57. The third-order valence-corrected chi connectivity index (χ3v) is 4.12. The van der Waals surface area contributed by atoms with Crippen molar-refractivity contribution in [1.29, 1.82) is 0 Å². The third kappa shape index (κ3) is 3.20. The van der Waals surface area contributed by atoms with Gasteiger partial charge in [-0.25, -0.2) is 4.98 Å². The summed E-state index contributed by atoms with van der Waals surface area (Å²) in [6.07, 6.45) is 4.75. The minimum atomic E-state index is -0.304. The van der Waals surface area contributed by atoms with Crippen molar-refractivity contribution in [3.63, 3.8) is 0 Å². The van der Waals surface area contributed by atoms with E-state index in [1.54, 1.807) is 19.3 Å². The van der Waals surface area contributed by atoms with Crippen molar-refractivity contribution in [2.45, 2.75) is 26.8 Å². The Kier molecular flexibility index (Phi) is 4.42. The predicted octanol–water partition coefficient (Wildman–Crippen LogP) is 3.51. The highest BCUT2D eigenvalue weighted by atomic mass is 16.3. The molecule has 1 aromatic carbocycles. The monoisotopic (exact) mass is 321 g/mol. The Hall–Kier alpha value is -2.95. The van der Waals surface area contributed by atoms with Gasteiger partial charge in [0.05, 0.1) is 6.04 Å². The molecular weight excluding hydrogens is 302 g/mol. The molecule has 5 nitrogen and oxygen atoms in total. The van der Waals surface area contributed by atoms with Crippen molar-refractivity contribution in [3.05, 3.63) is 82.8 Å². The number of carbonyl (C=O) groups excluding carboxylic acids is 1. The summed E-state index contributed by atoms with van der Waals surface area (Å²) in [5.74, 6) is 0.228. The Labute approximate surface area is 140 Å². The normalized spacial score (nSPS) is 12.0. The number of rotatable bonds is 4. The van der Waals surface area contributed by atoms with E-state index in [0.717, 1.165) is 11.1 Å². The number of carbonyl (C=O) groups is 1. The van der Waals surface area contributed by atoms with Crippen molar-refractivity contribution < 1.29 is 9.21 Å². The zero-order valence-electron chi connectivity index (χ0n) is 13.9. The van der Waals surface area contributed by atoms with E-state index in [9.17, 15) is 4.79 Å². The van der Waals surface area contributed by atoms with Crippen molar-refractivity contribution in [1.82, 2.24) is 15.3 Å². The van der Waals surface area contributed by atoms with Crippen LogP contribution in [0.1, 0.15) is 44.5 Å². The molecular formula is C19H19N3O2. The standard InChI is InChI=1S/C19H19N3O2/c1-12-6-7-15(9-13(12)2)18(16-5-4-8-20-10-16)22-19(23)17-14(3)24-11-21-17/h4-11,18H,1-3H3,(H,22,23). The van der Waals surface area contributed by atoms with Crippen LogP contribution >= 0.6 is 0 Å². The average Bonchev–Trinajstić information content (AvgIpc) is 3.02. The number of aromatic nitrogens is 2. The van der Waals surface area contributed by atoms with E-state index in [2.05, 4.69) is 41.3 Å². The SMILES string of the molecule is Cc1ccc(C(NC(=O)c2ncoc2C)c2cccnc2)cc1C.